The van der Waals surface area contributed by atoms with Crippen molar-refractivity contribution in [2.24, 2.45) is 0 Å². The predicted octanol–water partition coefficient (Wildman–Crippen LogP) is 5.00. The van der Waals surface area contributed by atoms with E-state index in [1.807, 2.05) is 61.8 Å². The van der Waals surface area contributed by atoms with Crippen molar-refractivity contribution in [3.8, 4) is 11.3 Å². The van der Waals surface area contributed by atoms with Crippen molar-refractivity contribution >= 4 is 49.3 Å². The number of nitro groups is 2. The van der Waals surface area contributed by atoms with Gasteiger partial charge in [0.2, 0.25) is 5.36 Å². The maximum Gasteiger partial charge on any atom is 1.00 e. The SMILES string of the molecule is CC(C)(C)c1cc(/C=C/C=C/C=C2/N(CCCS(=O)(=O)[O-])c3ccc(S(=O)(=O)[O-])cc3C2(C)CCCC(=O)O)c2ccc(=[N+](Cc3ccc([N+](=O)[O-])cc3)Cc3ccc([N+](=O)[O-])cc3)cc-2o1.[Na+]. The molecular formula is C48H49N4NaO13S2. The standard InChI is InChI=1S/C48H50N4O13S2.Na/c1-47(2,3)45-28-35(40-23-21-38(29-43(40)65-45)49(31-33-13-17-36(18-14-33)51(55)56)32-34-15-19-37(20-16-34)52(57)58)10-6-5-7-11-44-48(4,25-8-12-46(53)54)41-30-39(67(62,63)64)22-24-42(41)50(44)26-9-27-66(59,60)61;/h5-7,10-11,13-24,28-30H,8-9,12,25-27,31-32H2,1-4H3,(H2-,53,54,59,60,61,62,63,64);/q;+1/p-1. The molecule has 3 aliphatic rings. The summed E-state index contributed by atoms with van der Waals surface area (Å²) in [6, 6.07) is 24.0. The fraction of sp³-hybridized carbons (Fsp3) is 0.292. The molecule has 0 radical (unpaired) electrons. The number of aliphatic carboxylic acids is 1. The Morgan fingerprint density at radius 3 is 1.94 bits per heavy atom. The molecule has 0 amide bonds. The Kier molecular flexibility index (Phi) is 16.9. The molecule has 352 valence electrons. The zero-order valence-corrected chi connectivity index (χ0v) is 41.8. The van der Waals surface area contributed by atoms with Crippen molar-refractivity contribution < 1.29 is 79.7 Å². The van der Waals surface area contributed by atoms with Gasteiger partial charge in [0.25, 0.3) is 11.4 Å². The molecule has 1 unspecified atom stereocenters. The molecule has 2 heterocycles. The third-order valence-corrected chi connectivity index (χ3v) is 13.1. The van der Waals surface area contributed by atoms with Gasteiger partial charge >= 0.3 is 35.5 Å². The number of anilines is 1. The van der Waals surface area contributed by atoms with Crippen molar-refractivity contribution in [1.29, 1.82) is 0 Å². The molecule has 0 aromatic heterocycles. The second-order valence-corrected chi connectivity index (χ2v) is 20.4. The number of hydrogen-bond acceptors (Lipinski definition) is 13. The second-order valence-electron chi connectivity index (χ2n) is 17.5. The van der Waals surface area contributed by atoms with Gasteiger partial charge in [-0.3, -0.25) is 25.0 Å². The van der Waals surface area contributed by atoms with Crippen molar-refractivity contribution in [2.45, 2.75) is 82.2 Å². The number of benzene rings is 4. The quantitative estimate of drug-likeness (QED) is 0.0303. The van der Waals surface area contributed by atoms with E-state index < -0.39 is 57.5 Å². The van der Waals surface area contributed by atoms with E-state index in [2.05, 4.69) is 0 Å². The smallest absolute Gasteiger partial charge is 0.748 e. The number of allylic oxidation sites excluding steroid dienone is 5. The molecule has 0 fully saturated rings. The molecule has 1 N–H and O–H groups in total. The molecular weight excluding hydrogens is 928 g/mol. The first-order chi connectivity index (χ1) is 31.4. The Morgan fingerprint density at radius 1 is 0.809 bits per heavy atom. The van der Waals surface area contributed by atoms with E-state index >= 15 is 0 Å². The fourth-order valence-electron chi connectivity index (χ4n) is 8.08. The van der Waals surface area contributed by atoms with Crippen LogP contribution in [0, 0.1) is 20.2 Å². The van der Waals surface area contributed by atoms with Crippen LogP contribution < -0.4 is 44.4 Å². The number of hydrogen-bond donors (Lipinski definition) is 1. The van der Waals surface area contributed by atoms with Crippen LogP contribution in [0.4, 0.5) is 17.1 Å². The van der Waals surface area contributed by atoms with Crippen LogP contribution >= 0.6 is 0 Å². The van der Waals surface area contributed by atoms with E-state index in [1.54, 1.807) is 54.3 Å². The van der Waals surface area contributed by atoms with Gasteiger partial charge < -0.3 is 23.5 Å². The van der Waals surface area contributed by atoms with Gasteiger partial charge in [-0.05, 0) is 98.0 Å². The molecule has 20 heteroatoms. The van der Waals surface area contributed by atoms with Gasteiger partial charge in [-0.1, -0.05) is 45.1 Å². The monoisotopic (exact) mass is 976 g/mol. The Morgan fingerprint density at radius 2 is 1.41 bits per heavy atom. The Labute approximate surface area is 416 Å². The molecule has 6 rings (SSSR count). The summed E-state index contributed by atoms with van der Waals surface area (Å²) >= 11 is 0. The first-order valence-corrected chi connectivity index (χ1v) is 24.1. The van der Waals surface area contributed by atoms with Crippen LogP contribution in [0.15, 0.2) is 130 Å². The molecule has 17 nitrogen and oxygen atoms in total. The third-order valence-electron chi connectivity index (χ3n) is 11.5. The molecule has 3 aromatic carbocycles. The summed E-state index contributed by atoms with van der Waals surface area (Å²) in [4.78, 5) is 34.6. The second kappa shape index (κ2) is 21.7. The summed E-state index contributed by atoms with van der Waals surface area (Å²) in [6.07, 6.45) is 9.15. The number of carbonyl (C=O) groups is 1. The van der Waals surface area contributed by atoms with Crippen molar-refractivity contribution in [3.05, 3.63) is 175 Å². The molecule has 3 aromatic rings. The fourth-order valence-corrected chi connectivity index (χ4v) is 9.06. The van der Waals surface area contributed by atoms with E-state index in [0.29, 0.717) is 41.6 Å². The topological polar surface area (TPSA) is 257 Å². The summed E-state index contributed by atoms with van der Waals surface area (Å²) in [7, 11) is -9.43. The Hall–Kier alpha value is -5.80. The largest absolute Gasteiger partial charge is 1.00 e. The predicted molar refractivity (Wildman–Crippen MR) is 249 cm³/mol. The first kappa shape index (κ1) is 53.2. The van der Waals surface area contributed by atoms with E-state index in [0.717, 1.165) is 27.6 Å². The molecule has 0 bridgehead atoms. The Bertz CT molecular complexity index is 3010. The minimum absolute atomic E-state index is 0. The summed E-state index contributed by atoms with van der Waals surface area (Å²) in [5.74, 6) is -0.444. The van der Waals surface area contributed by atoms with E-state index in [1.165, 1.54) is 42.5 Å². The summed E-state index contributed by atoms with van der Waals surface area (Å²) in [6.45, 7) is 8.56. The van der Waals surface area contributed by atoms with Crippen LogP contribution in [0.5, 0.6) is 0 Å². The van der Waals surface area contributed by atoms with E-state index in [9.17, 15) is 56.1 Å². The number of rotatable bonds is 18. The molecule has 1 aliphatic carbocycles. The normalized spacial score (nSPS) is 15.8. The third kappa shape index (κ3) is 13.2. The van der Waals surface area contributed by atoms with Crippen LogP contribution in [0.2, 0.25) is 0 Å². The van der Waals surface area contributed by atoms with Crippen molar-refractivity contribution in [2.75, 3.05) is 17.2 Å². The number of nitro benzene ring substituents is 2. The van der Waals surface area contributed by atoms with Gasteiger partial charge in [-0.25, -0.2) is 21.4 Å². The number of nitrogens with zero attached hydrogens (tertiary/aromatic N) is 4. The molecule has 0 saturated heterocycles. The summed E-state index contributed by atoms with van der Waals surface area (Å²) in [5.41, 5.74) is 3.16. The minimum Gasteiger partial charge on any atom is -0.748 e. The van der Waals surface area contributed by atoms with Gasteiger partial charge in [0, 0.05) is 88.0 Å². The molecule has 2 aliphatic heterocycles. The molecule has 1 atom stereocenters. The average molecular weight is 977 g/mol. The number of non-ortho nitro benzene ring substituents is 2. The maximum atomic E-state index is 12.1. The summed E-state index contributed by atoms with van der Waals surface area (Å²) in [5, 5.41) is 32.9. The van der Waals surface area contributed by atoms with Gasteiger partial charge in [-0.15, -0.1) is 0 Å². The zero-order valence-electron chi connectivity index (χ0n) is 38.2. The Balaban J connectivity index is 0.00000864. The summed E-state index contributed by atoms with van der Waals surface area (Å²) < 4.78 is 79.6. The van der Waals surface area contributed by atoms with Crippen LogP contribution in [0.25, 0.3) is 17.4 Å². The van der Waals surface area contributed by atoms with Crippen LogP contribution in [-0.4, -0.2) is 59.2 Å². The first-order valence-electron chi connectivity index (χ1n) is 21.1. The van der Waals surface area contributed by atoms with Gasteiger partial charge in [0.15, 0.2) is 13.1 Å². The zero-order chi connectivity index (χ0) is 48.9. The van der Waals surface area contributed by atoms with Gasteiger partial charge in [0.1, 0.15) is 21.6 Å². The van der Waals surface area contributed by atoms with Crippen LogP contribution in [0.1, 0.15) is 81.4 Å². The van der Waals surface area contributed by atoms with Gasteiger partial charge in [0.05, 0.1) is 30.9 Å². The van der Waals surface area contributed by atoms with Crippen molar-refractivity contribution in [1.82, 2.24) is 4.58 Å². The van der Waals surface area contributed by atoms with Crippen LogP contribution in [-0.2, 0) is 49.0 Å². The minimum atomic E-state index is -4.87. The molecule has 68 heavy (non-hydrogen) atoms. The number of carboxylic acids is 1. The number of fused-ring (bicyclic) bond motifs is 2. The molecule has 0 spiro atoms. The van der Waals surface area contributed by atoms with E-state index in [4.69, 9.17) is 4.42 Å². The molecule has 0 saturated carbocycles. The maximum absolute atomic E-state index is 12.1. The number of carboxylic acid groups (broad SMARTS) is 1. The van der Waals surface area contributed by atoms with Crippen molar-refractivity contribution in [3.63, 3.8) is 0 Å². The van der Waals surface area contributed by atoms with E-state index in [-0.39, 0.29) is 73.2 Å². The van der Waals surface area contributed by atoms with Crippen LogP contribution in [0.3, 0.4) is 0 Å². The van der Waals surface area contributed by atoms with Gasteiger partial charge in [-0.2, -0.15) is 0 Å². The average Bonchev–Trinajstić information content (AvgIpc) is 3.47.